The lowest BCUT2D eigenvalue weighted by Crippen LogP contribution is -2.06. The van der Waals surface area contributed by atoms with E-state index < -0.39 is 22.4 Å². The molecule has 10 heteroatoms. The highest BCUT2D eigenvalue weighted by molar-refractivity contribution is 6.31. The zero-order valence-electron chi connectivity index (χ0n) is 16.9. The quantitative estimate of drug-likeness (QED) is 0.192. The summed E-state index contributed by atoms with van der Waals surface area (Å²) in [7, 11) is 0. The van der Waals surface area contributed by atoms with Crippen molar-refractivity contribution in [3.05, 3.63) is 105 Å². The Morgan fingerprint density at radius 3 is 2.55 bits per heavy atom. The Labute approximate surface area is 191 Å². The van der Waals surface area contributed by atoms with Crippen LogP contribution in [0, 0.1) is 10.1 Å². The molecule has 0 fully saturated rings. The van der Waals surface area contributed by atoms with Crippen molar-refractivity contribution in [1.82, 2.24) is 4.57 Å². The molecule has 0 saturated heterocycles. The van der Waals surface area contributed by atoms with E-state index in [1.165, 1.54) is 6.21 Å². The van der Waals surface area contributed by atoms with E-state index in [1.807, 2.05) is 59.3 Å². The molecule has 1 N–H and O–H groups in total. The molecule has 0 saturated carbocycles. The van der Waals surface area contributed by atoms with Crippen molar-refractivity contribution in [2.75, 3.05) is 5.43 Å². The average Bonchev–Trinajstić information content (AvgIpc) is 3.12. The molecule has 0 radical (unpaired) electrons. The van der Waals surface area contributed by atoms with Gasteiger partial charge in [-0.15, -0.1) is 0 Å². The Kier molecular flexibility index (Phi) is 6.06. The van der Waals surface area contributed by atoms with Crippen LogP contribution < -0.4 is 5.43 Å². The molecule has 0 aliphatic heterocycles. The SMILES string of the molecule is O=[N+]([O-])c1cc(C(F)(F)F)ccc1N/N=C\c1cn(Cc2ccccc2Cl)c2ccccc12. The highest BCUT2D eigenvalue weighted by atomic mass is 35.5. The van der Waals surface area contributed by atoms with E-state index in [0.717, 1.165) is 34.2 Å². The fourth-order valence-corrected chi connectivity index (χ4v) is 3.64. The van der Waals surface area contributed by atoms with Gasteiger partial charge in [0.05, 0.1) is 16.7 Å². The number of rotatable bonds is 6. The van der Waals surface area contributed by atoms with Crippen LogP contribution in [-0.4, -0.2) is 15.7 Å². The molecule has 1 heterocycles. The zero-order chi connectivity index (χ0) is 23.6. The largest absolute Gasteiger partial charge is 0.416 e. The number of nitrogens with zero attached hydrogens (tertiary/aromatic N) is 3. The Morgan fingerprint density at radius 1 is 1.09 bits per heavy atom. The number of anilines is 1. The maximum absolute atomic E-state index is 12.9. The van der Waals surface area contributed by atoms with Crippen LogP contribution in [0.1, 0.15) is 16.7 Å². The Hall–Kier alpha value is -3.85. The van der Waals surface area contributed by atoms with E-state index >= 15 is 0 Å². The predicted octanol–water partition coefficient (Wildman–Crippen LogP) is 6.72. The lowest BCUT2D eigenvalue weighted by atomic mass is 10.1. The van der Waals surface area contributed by atoms with Gasteiger partial charge in [-0.05, 0) is 29.8 Å². The predicted molar refractivity (Wildman–Crippen MR) is 122 cm³/mol. The molecule has 0 spiro atoms. The fourth-order valence-electron chi connectivity index (χ4n) is 3.44. The van der Waals surface area contributed by atoms with E-state index in [0.29, 0.717) is 17.6 Å². The van der Waals surface area contributed by atoms with Crippen molar-refractivity contribution in [3.8, 4) is 0 Å². The van der Waals surface area contributed by atoms with E-state index in [-0.39, 0.29) is 5.69 Å². The van der Waals surface area contributed by atoms with Gasteiger partial charge in [-0.25, -0.2) is 0 Å². The molecule has 0 amide bonds. The highest BCUT2D eigenvalue weighted by Crippen LogP contribution is 2.35. The second-order valence-electron chi connectivity index (χ2n) is 7.18. The topological polar surface area (TPSA) is 72.5 Å². The summed E-state index contributed by atoms with van der Waals surface area (Å²) in [5, 5.41) is 16.8. The normalized spacial score (nSPS) is 11.9. The third kappa shape index (κ3) is 4.83. The molecule has 168 valence electrons. The first-order chi connectivity index (χ1) is 15.7. The van der Waals surface area contributed by atoms with E-state index in [2.05, 4.69) is 10.5 Å². The number of halogens is 4. The maximum atomic E-state index is 12.9. The number of fused-ring (bicyclic) bond motifs is 1. The van der Waals surface area contributed by atoms with Crippen molar-refractivity contribution < 1.29 is 18.1 Å². The summed E-state index contributed by atoms with van der Waals surface area (Å²) in [5.41, 5.74) is 3.10. The molecule has 0 aliphatic carbocycles. The molecule has 33 heavy (non-hydrogen) atoms. The highest BCUT2D eigenvalue weighted by Gasteiger charge is 2.33. The second-order valence-corrected chi connectivity index (χ2v) is 7.58. The van der Waals surface area contributed by atoms with Gasteiger partial charge in [-0.2, -0.15) is 18.3 Å². The van der Waals surface area contributed by atoms with Gasteiger partial charge in [0.15, 0.2) is 0 Å². The van der Waals surface area contributed by atoms with Crippen LogP contribution in [0.3, 0.4) is 0 Å². The first-order valence-electron chi connectivity index (χ1n) is 9.70. The number of hydrazone groups is 1. The molecule has 0 aliphatic rings. The summed E-state index contributed by atoms with van der Waals surface area (Å²) in [6.07, 6.45) is -1.36. The summed E-state index contributed by atoms with van der Waals surface area (Å²) < 4.78 is 40.7. The van der Waals surface area contributed by atoms with Gasteiger partial charge in [0.2, 0.25) is 0 Å². The van der Waals surface area contributed by atoms with Crippen LogP contribution in [0.2, 0.25) is 5.02 Å². The van der Waals surface area contributed by atoms with Crippen LogP contribution >= 0.6 is 11.6 Å². The van der Waals surface area contributed by atoms with Gasteiger partial charge >= 0.3 is 6.18 Å². The third-order valence-corrected chi connectivity index (χ3v) is 5.40. The third-order valence-electron chi connectivity index (χ3n) is 5.03. The molecular weight excluding hydrogens is 457 g/mol. The minimum atomic E-state index is -4.68. The van der Waals surface area contributed by atoms with E-state index in [1.54, 1.807) is 0 Å². The van der Waals surface area contributed by atoms with Crippen molar-refractivity contribution in [1.29, 1.82) is 0 Å². The molecule has 3 aromatic carbocycles. The van der Waals surface area contributed by atoms with Crippen LogP contribution in [-0.2, 0) is 12.7 Å². The van der Waals surface area contributed by atoms with Crippen molar-refractivity contribution >= 4 is 40.1 Å². The molecule has 4 rings (SSSR count). The number of alkyl halides is 3. The van der Waals surface area contributed by atoms with E-state index in [4.69, 9.17) is 11.6 Å². The van der Waals surface area contributed by atoms with Crippen molar-refractivity contribution in [3.63, 3.8) is 0 Å². The molecule has 0 atom stereocenters. The first-order valence-corrected chi connectivity index (χ1v) is 10.1. The maximum Gasteiger partial charge on any atom is 0.416 e. The fraction of sp³-hybridized carbons (Fsp3) is 0.0870. The van der Waals surface area contributed by atoms with Crippen molar-refractivity contribution in [2.45, 2.75) is 12.7 Å². The van der Waals surface area contributed by atoms with Gasteiger partial charge in [0.1, 0.15) is 5.69 Å². The number of hydrogen-bond donors (Lipinski definition) is 1. The van der Waals surface area contributed by atoms with Crippen LogP contribution in [0.15, 0.2) is 78.0 Å². The number of benzene rings is 3. The molecular formula is C23H16ClF3N4O2. The molecule has 0 bridgehead atoms. The number of aromatic nitrogens is 1. The second kappa shape index (κ2) is 8.95. The summed E-state index contributed by atoms with van der Waals surface area (Å²) in [6.45, 7) is 0.520. The lowest BCUT2D eigenvalue weighted by Gasteiger charge is -2.08. The monoisotopic (exact) mass is 472 g/mol. The summed E-state index contributed by atoms with van der Waals surface area (Å²) in [6, 6.07) is 17.3. The number of nitro benzene ring substituents is 1. The van der Waals surface area contributed by atoms with Gasteiger partial charge in [0.25, 0.3) is 5.69 Å². The number of nitro groups is 1. The number of hydrogen-bond acceptors (Lipinski definition) is 4. The molecule has 1 aromatic heterocycles. The van der Waals surface area contributed by atoms with Crippen LogP contribution in [0.25, 0.3) is 10.9 Å². The zero-order valence-corrected chi connectivity index (χ0v) is 17.6. The number of para-hydroxylation sites is 1. The first kappa shape index (κ1) is 22.3. The Bertz CT molecular complexity index is 1370. The Balaban J connectivity index is 1.63. The molecule has 6 nitrogen and oxygen atoms in total. The Morgan fingerprint density at radius 2 is 1.82 bits per heavy atom. The average molecular weight is 473 g/mol. The lowest BCUT2D eigenvalue weighted by molar-refractivity contribution is -0.384. The summed E-state index contributed by atoms with van der Waals surface area (Å²) >= 11 is 6.29. The minimum absolute atomic E-state index is 0.149. The molecule has 0 unspecified atom stereocenters. The molecule has 4 aromatic rings. The summed E-state index contributed by atoms with van der Waals surface area (Å²) in [4.78, 5) is 10.4. The van der Waals surface area contributed by atoms with Crippen LogP contribution in [0.4, 0.5) is 24.5 Å². The van der Waals surface area contributed by atoms with Gasteiger partial charge in [0, 0.05) is 40.3 Å². The van der Waals surface area contributed by atoms with E-state index in [9.17, 15) is 23.3 Å². The van der Waals surface area contributed by atoms with Crippen LogP contribution in [0.5, 0.6) is 0 Å². The van der Waals surface area contributed by atoms with Crippen molar-refractivity contribution in [2.24, 2.45) is 5.10 Å². The van der Waals surface area contributed by atoms with Gasteiger partial charge < -0.3 is 4.57 Å². The standard InChI is InChI=1S/C23H16ClF3N4O2/c24-19-7-3-1-5-15(19)13-30-14-16(18-6-2-4-8-21(18)30)12-28-29-20-10-9-17(23(25,26)27)11-22(20)31(32)33/h1-12,14,29H,13H2/b28-12-. The summed E-state index contributed by atoms with van der Waals surface area (Å²) in [5.74, 6) is 0. The van der Waals surface area contributed by atoms with Gasteiger partial charge in [-0.3, -0.25) is 15.5 Å². The smallest absolute Gasteiger partial charge is 0.342 e. The van der Waals surface area contributed by atoms with Gasteiger partial charge in [-0.1, -0.05) is 48.0 Å². The number of nitrogens with one attached hydrogen (secondary N) is 1. The minimum Gasteiger partial charge on any atom is -0.342 e.